The molecule has 37 heavy (non-hydrogen) atoms. The molecule has 0 amide bonds. The predicted molar refractivity (Wildman–Crippen MR) is 142 cm³/mol. The second-order valence-electron chi connectivity index (χ2n) is 11.2. The van der Waals surface area contributed by atoms with Crippen LogP contribution in [0.4, 0.5) is 0 Å². The molecule has 2 heterocycles. The number of rotatable bonds is 9. The van der Waals surface area contributed by atoms with Crippen LogP contribution in [0.3, 0.4) is 0 Å². The van der Waals surface area contributed by atoms with Crippen LogP contribution in [0.5, 0.6) is 0 Å². The standard InChI is InChI=1S/C28H39NO7Si/c1-27(2,3)37(19-12-8-6-9-13-19,20-14-10-7-11-15-20)34-18-23-25-24(35-28(4,5)36-25)22(17-33-23)32-16-21(29)26(30)31/h6-15,21-25H,16-18,29H2,1-5H3,(H,30,31)/t21-,22-,23+,24+,25-/m0/s1. The molecule has 8 nitrogen and oxygen atoms in total. The van der Waals surface area contributed by atoms with Gasteiger partial charge >= 0.3 is 5.97 Å². The van der Waals surface area contributed by atoms with Crippen molar-refractivity contribution in [2.45, 2.75) is 75.9 Å². The summed E-state index contributed by atoms with van der Waals surface area (Å²) in [6.45, 7) is 10.8. The molecule has 0 radical (unpaired) electrons. The van der Waals surface area contributed by atoms with Crippen LogP contribution in [0.1, 0.15) is 34.6 Å². The van der Waals surface area contributed by atoms with Crippen molar-refractivity contribution >= 4 is 24.7 Å². The number of carboxylic acid groups (broad SMARTS) is 1. The summed E-state index contributed by atoms with van der Waals surface area (Å²) < 4.78 is 31.6. The highest BCUT2D eigenvalue weighted by Crippen LogP contribution is 2.40. The van der Waals surface area contributed by atoms with Crippen LogP contribution in [0.2, 0.25) is 5.04 Å². The van der Waals surface area contributed by atoms with E-state index in [0.717, 1.165) is 0 Å². The van der Waals surface area contributed by atoms with E-state index >= 15 is 0 Å². The monoisotopic (exact) mass is 529 g/mol. The summed E-state index contributed by atoms with van der Waals surface area (Å²) in [5.41, 5.74) is 5.65. The lowest BCUT2D eigenvalue weighted by Crippen LogP contribution is -2.67. The first kappa shape index (κ1) is 27.9. The Morgan fingerprint density at radius 1 is 1.05 bits per heavy atom. The van der Waals surface area contributed by atoms with Gasteiger partial charge in [-0.05, 0) is 29.3 Å². The molecule has 9 heteroatoms. The van der Waals surface area contributed by atoms with E-state index in [0.29, 0.717) is 6.61 Å². The zero-order valence-corrected chi connectivity index (χ0v) is 23.3. The second kappa shape index (κ2) is 10.9. The van der Waals surface area contributed by atoms with Crippen molar-refractivity contribution in [3.63, 3.8) is 0 Å². The molecule has 0 spiro atoms. The number of carbonyl (C=O) groups is 1. The number of aliphatic carboxylic acids is 1. The quantitative estimate of drug-likeness (QED) is 0.476. The first-order valence-corrected chi connectivity index (χ1v) is 14.7. The minimum absolute atomic E-state index is 0.139. The molecule has 5 atom stereocenters. The van der Waals surface area contributed by atoms with Crippen molar-refractivity contribution in [3.05, 3.63) is 60.7 Å². The normalized spacial score (nSPS) is 26.4. The summed E-state index contributed by atoms with van der Waals surface area (Å²) in [6.07, 6.45) is -1.76. The fourth-order valence-corrected chi connectivity index (χ4v) is 9.92. The number of hydrogen-bond donors (Lipinski definition) is 2. The number of ether oxygens (including phenoxy) is 4. The highest BCUT2D eigenvalue weighted by Gasteiger charge is 2.55. The van der Waals surface area contributed by atoms with Gasteiger partial charge in [-0.1, -0.05) is 81.4 Å². The van der Waals surface area contributed by atoms with Gasteiger partial charge < -0.3 is 34.2 Å². The van der Waals surface area contributed by atoms with Gasteiger partial charge in [-0.15, -0.1) is 0 Å². The molecule has 2 fully saturated rings. The Kier molecular flexibility index (Phi) is 8.25. The SMILES string of the molecule is CC1(C)O[C@@H]2[C@H](O1)[C@@H](OC[C@H](N)C(=O)O)CO[C@@H]2CO[Si](c1ccccc1)(c1ccccc1)C(C)(C)C. The van der Waals surface area contributed by atoms with Crippen molar-refractivity contribution in [3.8, 4) is 0 Å². The van der Waals surface area contributed by atoms with E-state index in [4.69, 9.17) is 34.2 Å². The largest absolute Gasteiger partial charge is 0.480 e. The van der Waals surface area contributed by atoms with E-state index in [-0.39, 0.29) is 24.4 Å². The molecule has 202 valence electrons. The van der Waals surface area contributed by atoms with E-state index in [1.165, 1.54) is 10.4 Å². The van der Waals surface area contributed by atoms with Gasteiger partial charge in [-0.25, -0.2) is 0 Å². The Bertz CT molecular complexity index is 1000. The van der Waals surface area contributed by atoms with E-state index in [9.17, 15) is 4.79 Å². The Morgan fingerprint density at radius 3 is 2.11 bits per heavy atom. The fraction of sp³-hybridized carbons (Fsp3) is 0.536. The third-order valence-corrected chi connectivity index (χ3v) is 12.1. The molecule has 2 saturated heterocycles. The number of hydrogen-bond acceptors (Lipinski definition) is 7. The van der Waals surface area contributed by atoms with Crippen molar-refractivity contribution < 1.29 is 33.3 Å². The molecule has 2 aromatic carbocycles. The highest BCUT2D eigenvalue weighted by molar-refractivity contribution is 6.99. The fourth-order valence-electron chi connectivity index (χ4n) is 5.35. The summed E-state index contributed by atoms with van der Waals surface area (Å²) in [5, 5.41) is 11.3. The maximum absolute atomic E-state index is 11.1. The lowest BCUT2D eigenvalue weighted by molar-refractivity contribution is -0.173. The van der Waals surface area contributed by atoms with Crippen LogP contribution < -0.4 is 16.1 Å². The first-order valence-electron chi connectivity index (χ1n) is 12.8. The number of benzene rings is 2. The summed E-state index contributed by atoms with van der Waals surface area (Å²) >= 11 is 0. The number of carboxylic acids is 1. The average molecular weight is 530 g/mol. The van der Waals surface area contributed by atoms with Gasteiger partial charge in [-0.2, -0.15) is 0 Å². The summed E-state index contributed by atoms with van der Waals surface area (Å²) in [7, 11) is -2.76. The van der Waals surface area contributed by atoms with E-state index < -0.39 is 44.4 Å². The van der Waals surface area contributed by atoms with E-state index in [1.807, 2.05) is 26.0 Å². The summed E-state index contributed by atoms with van der Waals surface area (Å²) in [4.78, 5) is 11.1. The molecule has 0 saturated carbocycles. The van der Waals surface area contributed by atoms with Crippen molar-refractivity contribution in [1.29, 1.82) is 0 Å². The van der Waals surface area contributed by atoms with Crippen LogP contribution >= 0.6 is 0 Å². The minimum Gasteiger partial charge on any atom is -0.480 e. The van der Waals surface area contributed by atoms with E-state index in [1.54, 1.807) is 0 Å². The molecule has 0 aliphatic carbocycles. The number of nitrogens with two attached hydrogens (primary N) is 1. The molecule has 2 aliphatic rings. The average Bonchev–Trinajstić information content (AvgIpc) is 3.19. The van der Waals surface area contributed by atoms with Gasteiger partial charge in [0.2, 0.25) is 0 Å². The predicted octanol–water partition coefficient (Wildman–Crippen LogP) is 2.28. The lowest BCUT2D eigenvalue weighted by atomic mass is 10.0. The smallest absolute Gasteiger partial charge is 0.322 e. The summed E-state index contributed by atoms with van der Waals surface area (Å²) in [5.74, 6) is -1.95. The zero-order valence-electron chi connectivity index (χ0n) is 22.3. The maximum atomic E-state index is 11.1. The molecule has 2 aliphatic heterocycles. The van der Waals surface area contributed by atoms with Gasteiger partial charge in [0.25, 0.3) is 8.32 Å². The van der Waals surface area contributed by atoms with Crippen molar-refractivity contribution in [2.75, 3.05) is 19.8 Å². The molecule has 3 N–H and O–H groups in total. The Morgan fingerprint density at radius 2 is 1.59 bits per heavy atom. The first-order chi connectivity index (χ1) is 17.4. The molecular formula is C28H39NO7Si. The Hall–Kier alpha value is -2.11. The molecule has 0 unspecified atom stereocenters. The minimum atomic E-state index is -2.76. The molecule has 4 rings (SSSR count). The third kappa shape index (κ3) is 5.83. The van der Waals surface area contributed by atoms with Crippen molar-refractivity contribution in [2.24, 2.45) is 5.73 Å². The van der Waals surface area contributed by atoms with E-state index in [2.05, 4.69) is 69.3 Å². The van der Waals surface area contributed by atoms with Crippen LogP contribution in [0, 0.1) is 0 Å². The lowest BCUT2D eigenvalue weighted by Gasteiger charge is -2.45. The second-order valence-corrected chi connectivity index (χ2v) is 15.5. The van der Waals surface area contributed by atoms with Gasteiger partial charge in [0.1, 0.15) is 30.5 Å². The topological polar surface area (TPSA) is 109 Å². The van der Waals surface area contributed by atoms with Gasteiger partial charge in [0, 0.05) is 0 Å². The Labute approximate surface area is 220 Å². The zero-order chi connectivity index (χ0) is 26.8. The van der Waals surface area contributed by atoms with Crippen LogP contribution in [-0.2, 0) is 28.2 Å². The van der Waals surface area contributed by atoms with Gasteiger partial charge in [-0.3, -0.25) is 4.79 Å². The Balaban J connectivity index is 1.60. The van der Waals surface area contributed by atoms with Gasteiger partial charge in [0.05, 0.1) is 19.8 Å². The number of fused-ring (bicyclic) bond motifs is 1. The summed E-state index contributed by atoms with van der Waals surface area (Å²) in [6, 6.07) is 19.8. The maximum Gasteiger partial charge on any atom is 0.322 e. The van der Waals surface area contributed by atoms with Crippen molar-refractivity contribution in [1.82, 2.24) is 0 Å². The molecule has 0 aromatic heterocycles. The highest BCUT2D eigenvalue weighted by atomic mass is 28.4. The third-order valence-electron chi connectivity index (χ3n) is 7.06. The molecule has 0 bridgehead atoms. The van der Waals surface area contributed by atoms with Gasteiger partial charge in [0.15, 0.2) is 5.79 Å². The molecular weight excluding hydrogens is 490 g/mol. The van der Waals surface area contributed by atoms with Crippen LogP contribution in [0.15, 0.2) is 60.7 Å². The van der Waals surface area contributed by atoms with Crippen LogP contribution in [0.25, 0.3) is 0 Å². The van der Waals surface area contributed by atoms with Crippen LogP contribution in [-0.4, -0.2) is 75.5 Å². The molecule has 2 aromatic rings.